The summed E-state index contributed by atoms with van der Waals surface area (Å²) in [7, 11) is 0. The zero-order valence-corrected chi connectivity index (χ0v) is 12.7. The van der Waals surface area contributed by atoms with E-state index in [0.29, 0.717) is 0 Å². The fraction of sp³-hybridized carbons (Fsp3) is 0.733. The van der Waals surface area contributed by atoms with Gasteiger partial charge >= 0.3 is 0 Å². The zero-order valence-electron chi connectivity index (χ0n) is 12.7. The van der Waals surface area contributed by atoms with Gasteiger partial charge in [-0.25, -0.2) is 0 Å². The highest BCUT2D eigenvalue weighted by Crippen LogP contribution is 2.26. The molecule has 5 nitrogen and oxygen atoms in total. The summed E-state index contributed by atoms with van der Waals surface area (Å²) in [6.45, 7) is 5.82. The van der Waals surface area contributed by atoms with Crippen molar-refractivity contribution in [1.82, 2.24) is 10.5 Å². The third-order valence-electron chi connectivity index (χ3n) is 4.27. The molecule has 5 heteroatoms. The van der Waals surface area contributed by atoms with Gasteiger partial charge in [0.1, 0.15) is 5.76 Å². The van der Waals surface area contributed by atoms with E-state index in [4.69, 9.17) is 10.3 Å². The van der Waals surface area contributed by atoms with Crippen LogP contribution in [-0.4, -0.2) is 22.6 Å². The standard InChI is InChI=1S/C15H25N3O2/c1-10(9-13-11(2)18-20-12(13)3)17-14(19)15(16)7-5-4-6-8-15/h10H,4-9,16H2,1-3H3,(H,17,19). The summed E-state index contributed by atoms with van der Waals surface area (Å²) in [6, 6.07) is 0.0293. The van der Waals surface area contributed by atoms with E-state index in [-0.39, 0.29) is 11.9 Å². The predicted octanol–water partition coefficient (Wildman–Crippen LogP) is 2.00. The average Bonchev–Trinajstić information content (AvgIpc) is 2.71. The van der Waals surface area contributed by atoms with Crippen LogP contribution in [0, 0.1) is 13.8 Å². The van der Waals surface area contributed by atoms with Crippen LogP contribution in [0.1, 0.15) is 56.0 Å². The first kappa shape index (κ1) is 15.0. The van der Waals surface area contributed by atoms with Crippen molar-refractivity contribution in [1.29, 1.82) is 0 Å². The maximum absolute atomic E-state index is 12.4. The summed E-state index contributed by atoms with van der Waals surface area (Å²) in [5.41, 5.74) is 7.53. The Morgan fingerprint density at radius 3 is 2.60 bits per heavy atom. The van der Waals surface area contributed by atoms with Gasteiger partial charge in [-0.1, -0.05) is 24.4 Å². The molecule has 1 fully saturated rings. The molecule has 0 aromatic carbocycles. The van der Waals surface area contributed by atoms with Gasteiger partial charge < -0.3 is 15.6 Å². The normalized spacial score (nSPS) is 19.6. The third-order valence-corrected chi connectivity index (χ3v) is 4.27. The molecule has 1 aliphatic rings. The number of hydrogen-bond acceptors (Lipinski definition) is 4. The Labute approximate surface area is 120 Å². The Balaban J connectivity index is 1.94. The Morgan fingerprint density at radius 2 is 2.05 bits per heavy atom. The number of aromatic nitrogens is 1. The van der Waals surface area contributed by atoms with Crippen molar-refractivity contribution in [3.05, 3.63) is 17.0 Å². The van der Waals surface area contributed by atoms with Crippen molar-refractivity contribution in [2.75, 3.05) is 0 Å². The van der Waals surface area contributed by atoms with E-state index in [0.717, 1.165) is 49.1 Å². The van der Waals surface area contributed by atoms with Crippen LogP contribution in [0.4, 0.5) is 0 Å². The molecule has 1 aromatic rings. The van der Waals surface area contributed by atoms with Gasteiger partial charge in [0.25, 0.3) is 0 Å². The highest BCUT2D eigenvalue weighted by Gasteiger charge is 2.35. The number of amides is 1. The van der Waals surface area contributed by atoms with Gasteiger partial charge in [0.05, 0.1) is 11.2 Å². The lowest BCUT2D eigenvalue weighted by molar-refractivity contribution is -0.128. The fourth-order valence-electron chi connectivity index (χ4n) is 2.93. The third kappa shape index (κ3) is 3.20. The largest absolute Gasteiger partial charge is 0.361 e. The van der Waals surface area contributed by atoms with Crippen LogP contribution in [0.3, 0.4) is 0 Å². The highest BCUT2D eigenvalue weighted by molar-refractivity contribution is 5.86. The lowest BCUT2D eigenvalue weighted by atomic mass is 9.81. The van der Waals surface area contributed by atoms with E-state index < -0.39 is 5.54 Å². The van der Waals surface area contributed by atoms with Crippen LogP contribution >= 0.6 is 0 Å². The fourth-order valence-corrected chi connectivity index (χ4v) is 2.93. The minimum Gasteiger partial charge on any atom is -0.361 e. The van der Waals surface area contributed by atoms with Gasteiger partial charge in [0, 0.05) is 11.6 Å². The molecule has 1 aliphatic carbocycles. The Bertz CT molecular complexity index is 456. The zero-order chi connectivity index (χ0) is 14.8. The highest BCUT2D eigenvalue weighted by atomic mass is 16.5. The molecule has 0 bridgehead atoms. The van der Waals surface area contributed by atoms with Crippen molar-refractivity contribution in [3.63, 3.8) is 0 Å². The molecule has 1 saturated carbocycles. The first-order valence-electron chi connectivity index (χ1n) is 7.44. The van der Waals surface area contributed by atoms with Crippen molar-refractivity contribution in [3.8, 4) is 0 Å². The lowest BCUT2D eigenvalue weighted by Crippen LogP contribution is -2.56. The van der Waals surface area contributed by atoms with Gasteiger partial charge in [-0.2, -0.15) is 0 Å². The number of nitrogens with zero attached hydrogens (tertiary/aromatic N) is 1. The number of rotatable bonds is 4. The van der Waals surface area contributed by atoms with E-state index >= 15 is 0 Å². The predicted molar refractivity (Wildman–Crippen MR) is 77.3 cm³/mol. The second-order valence-corrected chi connectivity index (χ2v) is 6.10. The topological polar surface area (TPSA) is 81.2 Å². The Hall–Kier alpha value is -1.36. The number of hydrogen-bond donors (Lipinski definition) is 2. The van der Waals surface area contributed by atoms with Gasteiger partial charge in [0.2, 0.25) is 5.91 Å². The molecule has 0 saturated heterocycles. The maximum atomic E-state index is 12.4. The average molecular weight is 279 g/mol. The van der Waals surface area contributed by atoms with Crippen LogP contribution in [0.5, 0.6) is 0 Å². The van der Waals surface area contributed by atoms with E-state index in [2.05, 4.69) is 10.5 Å². The van der Waals surface area contributed by atoms with E-state index in [1.165, 1.54) is 6.42 Å². The van der Waals surface area contributed by atoms with E-state index in [1.807, 2.05) is 20.8 Å². The van der Waals surface area contributed by atoms with Crippen LogP contribution in [0.15, 0.2) is 4.52 Å². The number of aryl methyl sites for hydroxylation is 2. The molecule has 0 radical (unpaired) electrons. The lowest BCUT2D eigenvalue weighted by Gasteiger charge is -2.33. The van der Waals surface area contributed by atoms with Gasteiger partial charge in [-0.15, -0.1) is 0 Å². The second-order valence-electron chi connectivity index (χ2n) is 6.10. The van der Waals surface area contributed by atoms with Gasteiger partial charge in [-0.05, 0) is 40.0 Å². The Kier molecular flexibility index (Phi) is 4.48. The number of nitrogens with one attached hydrogen (secondary N) is 1. The first-order valence-corrected chi connectivity index (χ1v) is 7.44. The molecule has 0 spiro atoms. The van der Waals surface area contributed by atoms with Gasteiger partial charge in [-0.3, -0.25) is 4.79 Å². The molecule has 20 heavy (non-hydrogen) atoms. The first-order chi connectivity index (χ1) is 9.42. The smallest absolute Gasteiger partial charge is 0.240 e. The summed E-state index contributed by atoms with van der Waals surface area (Å²) in [4.78, 5) is 12.4. The van der Waals surface area contributed by atoms with Crippen LogP contribution in [0.25, 0.3) is 0 Å². The van der Waals surface area contributed by atoms with Crippen molar-refractivity contribution < 1.29 is 9.32 Å². The molecule has 1 amide bonds. The Morgan fingerprint density at radius 1 is 1.40 bits per heavy atom. The summed E-state index contributed by atoms with van der Waals surface area (Å²) >= 11 is 0. The summed E-state index contributed by atoms with van der Waals surface area (Å²) in [5.74, 6) is 0.806. The van der Waals surface area contributed by atoms with E-state index in [1.54, 1.807) is 0 Å². The van der Waals surface area contributed by atoms with E-state index in [9.17, 15) is 4.79 Å². The molecule has 1 aromatic heterocycles. The molecule has 1 atom stereocenters. The van der Waals surface area contributed by atoms with Crippen LogP contribution in [0.2, 0.25) is 0 Å². The SMILES string of the molecule is Cc1noc(C)c1CC(C)NC(=O)C1(N)CCCCC1. The van der Waals surface area contributed by atoms with Gasteiger partial charge in [0.15, 0.2) is 0 Å². The molecule has 0 aliphatic heterocycles. The maximum Gasteiger partial charge on any atom is 0.240 e. The van der Waals surface area contributed by atoms with Crippen LogP contribution in [-0.2, 0) is 11.2 Å². The minimum atomic E-state index is -0.675. The summed E-state index contributed by atoms with van der Waals surface area (Å²) in [6.07, 6.45) is 5.57. The molecular formula is C15H25N3O2. The van der Waals surface area contributed by atoms with Crippen molar-refractivity contribution in [2.45, 2.75) is 70.9 Å². The quantitative estimate of drug-likeness (QED) is 0.883. The van der Waals surface area contributed by atoms with Crippen LogP contribution < -0.4 is 11.1 Å². The number of nitrogens with two attached hydrogens (primary N) is 1. The minimum absolute atomic E-state index is 0.0172. The molecule has 1 heterocycles. The molecule has 3 N–H and O–H groups in total. The molecule has 112 valence electrons. The molecular weight excluding hydrogens is 254 g/mol. The molecule has 1 unspecified atom stereocenters. The second kappa shape index (κ2) is 5.95. The number of carbonyl (C=O) groups is 1. The summed E-state index contributed by atoms with van der Waals surface area (Å²) < 4.78 is 5.15. The summed E-state index contributed by atoms with van der Waals surface area (Å²) in [5, 5.41) is 6.99. The monoisotopic (exact) mass is 279 g/mol. The van der Waals surface area contributed by atoms with Crippen molar-refractivity contribution >= 4 is 5.91 Å². The molecule has 2 rings (SSSR count). The van der Waals surface area contributed by atoms with Crippen molar-refractivity contribution in [2.24, 2.45) is 5.73 Å². The number of carbonyl (C=O) groups excluding carboxylic acids is 1.